The molecule has 176 valence electrons. The molecular formula is C26H17F4N3O2. The van der Waals surface area contributed by atoms with E-state index in [9.17, 15) is 22.4 Å². The largest absolute Gasteiger partial charge is 0.416 e. The van der Waals surface area contributed by atoms with Crippen LogP contribution < -0.4 is 5.43 Å². The van der Waals surface area contributed by atoms with Crippen molar-refractivity contribution in [1.82, 2.24) is 14.7 Å². The van der Waals surface area contributed by atoms with Crippen molar-refractivity contribution >= 4 is 10.9 Å². The van der Waals surface area contributed by atoms with Crippen molar-refractivity contribution < 1.29 is 22.1 Å². The zero-order valence-electron chi connectivity index (χ0n) is 18.1. The lowest BCUT2D eigenvalue weighted by atomic mass is 10.1. The highest BCUT2D eigenvalue weighted by Gasteiger charge is 2.30. The molecule has 2 heterocycles. The van der Waals surface area contributed by atoms with E-state index in [0.717, 1.165) is 17.7 Å². The van der Waals surface area contributed by atoms with Gasteiger partial charge in [0.15, 0.2) is 0 Å². The second kappa shape index (κ2) is 8.83. The van der Waals surface area contributed by atoms with E-state index in [4.69, 9.17) is 4.52 Å². The van der Waals surface area contributed by atoms with Gasteiger partial charge in [0.1, 0.15) is 5.82 Å². The Hall–Kier alpha value is -4.27. The van der Waals surface area contributed by atoms with Gasteiger partial charge in [-0.25, -0.2) is 4.39 Å². The molecule has 0 unspecified atom stereocenters. The van der Waals surface area contributed by atoms with E-state index in [0.29, 0.717) is 16.5 Å². The highest BCUT2D eigenvalue weighted by molar-refractivity contribution is 5.83. The fourth-order valence-electron chi connectivity index (χ4n) is 3.84. The van der Waals surface area contributed by atoms with Crippen LogP contribution in [-0.4, -0.2) is 14.7 Å². The van der Waals surface area contributed by atoms with Crippen molar-refractivity contribution in [2.45, 2.75) is 19.1 Å². The summed E-state index contributed by atoms with van der Waals surface area (Å²) in [6.07, 6.45) is -2.57. The van der Waals surface area contributed by atoms with Gasteiger partial charge in [-0.3, -0.25) is 4.79 Å². The van der Waals surface area contributed by atoms with Gasteiger partial charge in [0.05, 0.1) is 23.1 Å². The van der Waals surface area contributed by atoms with Crippen LogP contribution in [0, 0.1) is 5.82 Å². The molecule has 35 heavy (non-hydrogen) atoms. The maximum absolute atomic E-state index is 13.2. The van der Waals surface area contributed by atoms with Gasteiger partial charge in [0.2, 0.25) is 17.1 Å². The second-order valence-corrected chi connectivity index (χ2v) is 8.03. The first-order chi connectivity index (χ1) is 16.8. The van der Waals surface area contributed by atoms with Gasteiger partial charge >= 0.3 is 6.18 Å². The van der Waals surface area contributed by atoms with E-state index in [2.05, 4.69) is 10.1 Å². The van der Waals surface area contributed by atoms with E-state index >= 15 is 0 Å². The highest BCUT2D eigenvalue weighted by Crippen LogP contribution is 2.29. The van der Waals surface area contributed by atoms with Crippen molar-refractivity contribution in [2.24, 2.45) is 0 Å². The maximum atomic E-state index is 13.2. The molecule has 0 atom stereocenters. The molecule has 0 saturated heterocycles. The van der Waals surface area contributed by atoms with E-state index < -0.39 is 11.7 Å². The van der Waals surface area contributed by atoms with Crippen LogP contribution in [-0.2, 0) is 19.1 Å². The topological polar surface area (TPSA) is 60.9 Å². The summed E-state index contributed by atoms with van der Waals surface area (Å²) in [6.45, 7) is 0.228. The number of hydrogen-bond acceptors (Lipinski definition) is 4. The molecule has 9 heteroatoms. The number of alkyl halides is 3. The number of rotatable bonds is 5. The minimum atomic E-state index is -4.42. The van der Waals surface area contributed by atoms with E-state index in [1.807, 2.05) is 0 Å². The first kappa shape index (κ1) is 22.5. The van der Waals surface area contributed by atoms with E-state index in [1.54, 1.807) is 47.2 Å². The average molecular weight is 479 g/mol. The Labute approximate surface area is 196 Å². The van der Waals surface area contributed by atoms with Crippen molar-refractivity contribution in [3.05, 3.63) is 118 Å². The molecular weight excluding hydrogens is 462 g/mol. The Kier molecular flexibility index (Phi) is 5.68. The average Bonchev–Trinajstić information content (AvgIpc) is 3.30. The van der Waals surface area contributed by atoms with Crippen LogP contribution in [0.4, 0.5) is 17.6 Å². The number of nitrogens with zero attached hydrogens (tertiary/aromatic N) is 3. The first-order valence-corrected chi connectivity index (χ1v) is 10.6. The normalized spacial score (nSPS) is 11.8. The van der Waals surface area contributed by atoms with Gasteiger partial charge in [-0.1, -0.05) is 41.6 Å². The summed E-state index contributed by atoms with van der Waals surface area (Å²) in [7, 11) is 0. The number of fused-ring (bicyclic) bond motifs is 1. The Balaban J connectivity index is 1.51. The standard InChI is InChI=1S/C26H17F4N3O2/c27-19-11-7-16(8-12-19)13-23-31-25(32-35-23)21-15-33(22-4-2-1-3-20(22)24(21)34)14-17-5-9-18(10-6-17)26(28,29)30/h1-12,15H,13-14H2. The lowest BCUT2D eigenvalue weighted by molar-refractivity contribution is -0.137. The first-order valence-electron chi connectivity index (χ1n) is 10.6. The van der Waals surface area contributed by atoms with Gasteiger partial charge in [-0.15, -0.1) is 0 Å². The summed E-state index contributed by atoms with van der Waals surface area (Å²) in [6, 6.07) is 17.7. The number of benzene rings is 3. The summed E-state index contributed by atoms with van der Waals surface area (Å²) in [4.78, 5) is 17.5. The molecule has 0 radical (unpaired) electrons. The zero-order valence-corrected chi connectivity index (χ0v) is 18.1. The summed E-state index contributed by atoms with van der Waals surface area (Å²) in [5, 5.41) is 4.37. The number of halogens is 4. The zero-order chi connectivity index (χ0) is 24.6. The Morgan fingerprint density at radius 1 is 0.886 bits per heavy atom. The smallest absolute Gasteiger partial charge is 0.342 e. The number of aromatic nitrogens is 3. The van der Waals surface area contributed by atoms with Crippen molar-refractivity contribution in [3.63, 3.8) is 0 Å². The molecule has 3 aromatic carbocycles. The molecule has 2 aromatic heterocycles. The number of para-hydroxylation sites is 1. The molecule has 0 N–H and O–H groups in total. The van der Waals surface area contributed by atoms with Crippen molar-refractivity contribution in [1.29, 1.82) is 0 Å². The third kappa shape index (κ3) is 4.70. The molecule has 0 aliphatic heterocycles. The lowest BCUT2D eigenvalue weighted by Gasteiger charge is -2.13. The van der Waals surface area contributed by atoms with Crippen LogP contribution in [0.1, 0.15) is 22.6 Å². The monoisotopic (exact) mass is 479 g/mol. The van der Waals surface area contributed by atoms with Crippen LogP contribution in [0.3, 0.4) is 0 Å². The fraction of sp³-hybridized carbons (Fsp3) is 0.115. The van der Waals surface area contributed by atoms with E-state index in [-0.39, 0.29) is 41.5 Å². The predicted octanol–water partition coefficient (Wildman–Crippen LogP) is 5.85. The third-order valence-corrected chi connectivity index (χ3v) is 5.60. The van der Waals surface area contributed by atoms with E-state index in [1.165, 1.54) is 24.3 Å². The Morgan fingerprint density at radius 2 is 1.57 bits per heavy atom. The molecule has 0 spiro atoms. The van der Waals surface area contributed by atoms with Crippen LogP contribution in [0.15, 0.2) is 88.3 Å². The second-order valence-electron chi connectivity index (χ2n) is 8.03. The molecule has 0 aliphatic rings. The minimum Gasteiger partial charge on any atom is -0.342 e. The van der Waals surface area contributed by atoms with Crippen LogP contribution in [0.2, 0.25) is 0 Å². The molecule has 0 saturated carbocycles. The molecule has 5 rings (SSSR count). The molecule has 5 aromatic rings. The van der Waals surface area contributed by atoms with Crippen LogP contribution in [0.5, 0.6) is 0 Å². The molecule has 0 fully saturated rings. The quantitative estimate of drug-likeness (QED) is 0.297. The van der Waals surface area contributed by atoms with Crippen molar-refractivity contribution in [2.75, 3.05) is 0 Å². The van der Waals surface area contributed by atoms with Crippen LogP contribution >= 0.6 is 0 Å². The fourth-order valence-corrected chi connectivity index (χ4v) is 3.84. The van der Waals surface area contributed by atoms with Gasteiger partial charge in [0.25, 0.3) is 0 Å². The van der Waals surface area contributed by atoms with Gasteiger partial charge < -0.3 is 9.09 Å². The molecule has 0 aliphatic carbocycles. The van der Waals surface area contributed by atoms with Crippen molar-refractivity contribution in [3.8, 4) is 11.4 Å². The van der Waals surface area contributed by atoms with Gasteiger partial charge in [0, 0.05) is 18.1 Å². The summed E-state index contributed by atoms with van der Waals surface area (Å²) >= 11 is 0. The van der Waals surface area contributed by atoms with Gasteiger partial charge in [-0.05, 0) is 47.5 Å². The molecule has 0 bridgehead atoms. The summed E-state index contributed by atoms with van der Waals surface area (Å²) < 4.78 is 59.0. The predicted molar refractivity (Wildman–Crippen MR) is 121 cm³/mol. The summed E-state index contributed by atoms with van der Waals surface area (Å²) in [5.74, 6) is -0.00257. The maximum Gasteiger partial charge on any atom is 0.416 e. The highest BCUT2D eigenvalue weighted by atomic mass is 19.4. The lowest BCUT2D eigenvalue weighted by Crippen LogP contribution is -2.13. The van der Waals surface area contributed by atoms with Crippen LogP contribution in [0.25, 0.3) is 22.3 Å². The Bertz CT molecular complexity index is 1550. The molecule has 0 amide bonds. The third-order valence-electron chi connectivity index (χ3n) is 5.60. The number of pyridine rings is 1. The minimum absolute atomic E-state index is 0.0963. The van der Waals surface area contributed by atoms with Gasteiger partial charge in [-0.2, -0.15) is 18.2 Å². The molecule has 5 nitrogen and oxygen atoms in total. The summed E-state index contributed by atoms with van der Waals surface area (Å²) in [5.41, 5.74) is 1.19. The number of hydrogen-bond donors (Lipinski definition) is 0. The SMILES string of the molecule is O=c1c(-c2noc(Cc3ccc(F)cc3)n2)cn(Cc2ccc(C(F)(F)F)cc2)c2ccccc12. The Morgan fingerprint density at radius 3 is 2.29 bits per heavy atom.